The molecule has 2 heterocycles. The second kappa shape index (κ2) is 4.70. The first-order chi connectivity index (χ1) is 9.24. The average molecular weight is 272 g/mol. The number of rotatable bonds is 2. The number of nitrogens with zero attached hydrogens (tertiary/aromatic N) is 4. The Morgan fingerprint density at radius 1 is 1.16 bits per heavy atom. The maximum atomic E-state index is 5.97. The van der Waals surface area contributed by atoms with Crippen molar-refractivity contribution in [3.8, 4) is 17.1 Å². The number of nitrogen functional groups attached to an aromatic ring is 1. The summed E-state index contributed by atoms with van der Waals surface area (Å²) in [5.41, 5.74) is 7.59. The van der Waals surface area contributed by atoms with Crippen LogP contribution in [-0.2, 0) is 0 Å². The van der Waals surface area contributed by atoms with Crippen molar-refractivity contribution in [2.24, 2.45) is 0 Å². The number of hydrogen-bond donors (Lipinski definition) is 1. The Hall–Kier alpha value is -2.40. The lowest BCUT2D eigenvalue weighted by Gasteiger charge is -2.00. The number of halogens is 1. The molecule has 0 bridgehead atoms. The van der Waals surface area contributed by atoms with Gasteiger partial charge in [-0.2, -0.15) is 9.78 Å². The van der Waals surface area contributed by atoms with Gasteiger partial charge in [0.05, 0.1) is 11.9 Å². The van der Waals surface area contributed by atoms with Crippen LogP contribution in [0.15, 0.2) is 48.9 Å². The topological polar surface area (TPSA) is 69.6 Å². The molecule has 19 heavy (non-hydrogen) atoms. The normalized spacial score (nSPS) is 10.6. The van der Waals surface area contributed by atoms with Crippen LogP contribution in [0.4, 0.5) is 5.82 Å². The minimum atomic E-state index is 0.496. The molecule has 0 fully saturated rings. The van der Waals surface area contributed by atoms with E-state index in [0.29, 0.717) is 16.7 Å². The predicted octanol–water partition coefficient (Wildman–Crippen LogP) is 2.56. The first kappa shape index (κ1) is 11.7. The van der Waals surface area contributed by atoms with Gasteiger partial charge in [0.15, 0.2) is 5.82 Å². The summed E-state index contributed by atoms with van der Waals surface area (Å²) in [5, 5.41) is 5.08. The molecule has 0 radical (unpaired) electrons. The van der Waals surface area contributed by atoms with Gasteiger partial charge >= 0.3 is 0 Å². The van der Waals surface area contributed by atoms with Crippen LogP contribution < -0.4 is 5.73 Å². The highest BCUT2D eigenvalue weighted by Crippen LogP contribution is 2.24. The van der Waals surface area contributed by atoms with Crippen LogP contribution >= 0.6 is 11.6 Å². The van der Waals surface area contributed by atoms with Crippen molar-refractivity contribution in [3.05, 3.63) is 53.9 Å². The first-order valence-corrected chi connectivity index (χ1v) is 6.00. The van der Waals surface area contributed by atoms with Gasteiger partial charge in [-0.25, -0.2) is 4.98 Å². The van der Waals surface area contributed by atoms with E-state index in [2.05, 4.69) is 15.1 Å². The van der Waals surface area contributed by atoms with E-state index in [1.165, 1.54) is 0 Å². The molecule has 0 aliphatic rings. The molecule has 0 aliphatic heterocycles. The fraction of sp³-hybridized carbons (Fsp3) is 0. The van der Waals surface area contributed by atoms with Crippen molar-refractivity contribution in [3.63, 3.8) is 0 Å². The molecule has 3 rings (SSSR count). The Labute approximate surface area is 114 Å². The zero-order valence-electron chi connectivity index (χ0n) is 9.86. The van der Waals surface area contributed by atoms with Gasteiger partial charge in [0.25, 0.3) is 0 Å². The minimum absolute atomic E-state index is 0.496. The van der Waals surface area contributed by atoms with E-state index >= 15 is 0 Å². The lowest BCUT2D eigenvalue weighted by atomic mass is 10.1. The van der Waals surface area contributed by atoms with Gasteiger partial charge in [0, 0.05) is 29.0 Å². The Morgan fingerprint density at radius 3 is 2.79 bits per heavy atom. The summed E-state index contributed by atoms with van der Waals surface area (Å²) in [4.78, 5) is 8.16. The molecule has 94 valence electrons. The zero-order valence-corrected chi connectivity index (χ0v) is 10.6. The fourth-order valence-electron chi connectivity index (χ4n) is 1.77. The van der Waals surface area contributed by atoms with Gasteiger partial charge in [0.2, 0.25) is 0 Å². The molecule has 3 aromatic rings. The quantitative estimate of drug-likeness (QED) is 0.778. The van der Waals surface area contributed by atoms with Gasteiger partial charge < -0.3 is 5.73 Å². The summed E-state index contributed by atoms with van der Waals surface area (Å²) in [5.74, 6) is 1.07. The molecule has 0 spiro atoms. The van der Waals surface area contributed by atoms with E-state index in [0.717, 1.165) is 11.3 Å². The average Bonchev–Trinajstić information content (AvgIpc) is 2.82. The van der Waals surface area contributed by atoms with Crippen LogP contribution in [0, 0.1) is 0 Å². The summed E-state index contributed by atoms with van der Waals surface area (Å²) in [6.07, 6.45) is 4.79. The Balaban J connectivity index is 2.07. The Kier molecular flexibility index (Phi) is 2.89. The van der Waals surface area contributed by atoms with Crippen molar-refractivity contribution in [1.29, 1.82) is 0 Å². The molecule has 5 nitrogen and oxygen atoms in total. The standard InChI is InChI=1S/C13H10ClN5/c14-10-3-1-2-9(6-10)11-7-12(15)19(18-11)13-8-16-4-5-17-13/h1-8H,15H2. The summed E-state index contributed by atoms with van der Waals surface area (Å²) in [6.45, 7) is 0. The molecule has 0 atom stereocenters. The van der Waals surface area contributed by atoms with Crippen molar-refractivity contribution < 1.29 is 0 Å². The highest BCUT2D eigenvalue weighted by Gasteiger charge is 2.09. The molecular weight excluding hydrogens is 262 g/mol. The van der Waals surface area contributed by atoms with E-state index in [1.807, 2.05) is 24.3 Å². The van der Waals surface area contributed by atoms with Crippen molar-refractivity contribution >= 4 is 17.4 Å². The third-order valence-corrected chi connectivity index (χ3v) is 2.86. The van der Waals surface area contributed by atoms with Gasteiger partial charge in [-0.3, -0.25) is 4.98 Å². The molecule has 0 aliphatic carbocycles. The van der Waals surface area contributed by atoms with Crippen LogP contribution in [0.2, 0.25) is 5.02 Å². The van der Waals surface area contributed by atoms with E-state index in [1.54, 1.807) is 29.3 Å². The molecule has 0 unspecified atom stereocenters. The van der Waals surface area contributed by atoms with Crippen LogP contribution in [0.5, 0.6) is 0 Å². The SMILES string of the molecule is Nc1cc(-c2cccc(Cl)c2)nn1-c1cnccn1. The molecular formula is C13H10ClN5. The largest absolute Gasteiger partial charge is 0.384 e. The summed E-state index contributed by atoms with van der Waals surface area (Å²) >= 11 is 5.97. The minimum Gasteiger partial charge on any atom is -0.384 e. The third kappa shape index (κ3) is 2.28. The summed E-state index contributed by atoms with van der Waals surface area (Å²) < 4.78 is 1.54. The van der Waals surface area contributed by atoms with Crippen LogP contribution in [0.3, 0.4) is 0 Å². The molecule has 1 aromatic carbocycles. The summed E-state index contributed by atoms with van der Waals surface area (Å²) in [7, 11) is 0. The number of hydrogen-bond acceptors (Lipinski definition) is 4. The van der Waals surface area contributed by atoms with Gasteiger partial charge in [-0.05, 0) is 12.1 Å². The van der Waals surface area contributed by atoms with E-state index in [9.17, 15) is 0 Å². The molecule has 0 saturated heterocycles. The van der Waals surface area contributed by atoms with Gasteiger partial charge in [-0.1, -0.05) is 23.7 Å². The fourth-order valence-corrected chi connectivity index (χ4v) is 1.96. The lowest BCUT2D eigenvalue weighted by molar-refractivity contribution is 0.851. The second-order valence-corrected chi connectivity index (χ2v) is 4.38. The molecule has 6 heteroatoms. The second-order valence-electron chi connectivity index (χ2n) is 3.94. The maximum Gasteiger partial charge on any atom is 0.174 e. The van der Waals surface area contributed by atoms with Crippen LogP contribution in [0.25, 0.3) is 17.1 Å². The predicted molar refractivity (Wildman–Crippen MR) is 74.0 cm³/mol. The van der Waals surface area contributed by atoms with Crippen LogP contribution in [0.1, 0.15) is 0 Å². The monoisotopic (exact) mass is 271 g/mol. The van der Waals surface area contributed by atoms with Crippen LogP contribution in [-0.4, -0.2) is 19.7 Å². The van der Waals surface area contributed by atoms with E-state index in [4.69, 9.17) is 17.3 Å². The van der Waals surface area contributed by atoms with E-state index in [-0.39, 0.29) is 0 Å². The molecule has 0 amide bonds. The smallest absolute Gasteiger partial charge is 0.174 e. The number of aromatic nitrogens is 4. The molecule has 0 saturated carbocycles. The zero-order chi connectivity index (χ0) is 13.2. The number of benzene rings is 1. The van der Waals surface area contributed by atoms with Crippen molar-refractivity contribution in [2.45, 2.75) is 0 Å². The van der Waals surface area contributed by atoms with Gasteiger partial charge in [-0.15, -0.1) is 0 Å². The lowest BCUT2D eigenvalue weighted by Crippen LogP contribution is -2.03. The maximum absolute atomic E-state index is 5.97. The Bertz CT molecular complexity index is 708. The highest BCUT2D eigenvalue weighted by atomic mass is 35.5. The molecule has 2 aromatic heterocycles. The summed E-state index contributed by atoms with van der Waals surface area (Å²) in [6, 6.07) is 9.22. The Morgan fingerprint density at radius 2 is 2.05 bits per heavy atom. The highest BCUT2D eigenvalue weighted by molar-refractivity contribution is 6.30. The number of anilines is 1. The van der Waals surface area contributed by atoms with E-state index < -0.39 is 0 Å². The van der Waals surface area contributed by atoms with Crippen molar-refractivity contribution in [1.82, 2.24) is 19.7 Å². The van der Waals surface area contributed by atoms with Gasteiger partial charge in [0.1, 0.15) is 5.82 Å². The van der Waals surface area contributed by atoms with Crippen molar-refractivity contribution in [2.75, 3.05) is 5.73 Å². The first-order valence-electron chi connectivity index (χ1n) is 5.62. The number of nitrogens with two attached hydrogens (primary N) is 1. The molecule has 2 N–H and O–H groups in total. The third-order valence-electron chi connectivity index (χ3n) is 2.62.